The fourth-order valence-corrected chi connectivity index (χ4v) is 12.0. The minimum Gasteiger partial charge on any atom is -0.454 e. The Balaban J connectivity index is 1.69. The summed E-state index contributed by atoms with van der Waals surface area (Å²) in [7, 11) is 0. The smallest absolute Gasteiger partial charge is 0.333 e. The molecule has 4 fully saturated rings. The molecular formula is C40H62O7. The molecular weight excluding hydrogens is 592 g/mol. The molecule has 0 radical (unpaired) electrons. The molecule has 0 amide bonds. The van der Waals surface area contributed by atoms with Crippen molar-refractivity contribution in [3.8, 4) is 0 Å². The van der Waals surface area contributed by atoms with E-state index in [2.05, 4.69) is 40.7 Å². The molecule has 0 aromatic carbocycles. The Kier molecular flexibility index (Phi) is 9.14. The van der Waals surface area contributed by atoms with Gasteiger partial charge in [-0.15, -0.1) is 0 Å². The molecule has 0 heterocycles. The van der Waals surface area contributed by atoms with Gasteiger partial charge in [-0.3, -0.25) is 0 Å². The summed E-state index contributed by atoms with van der Waals surface area (Å²) < 4.78 is 12.5. The molecule has 7 nitrogen and oxygen atoms in total. The summed E-state index contributed by atoms with van der Waals surface area (Å²) in [5, 5.41) is 36.7. The van der Waals surface area contributed by atoms with E-state index in [-0.39, 0.29) is 16.2 Å². The number of fused-ring (bicyclic) bond motifs is 7. The van der Waals surface area contributed by atoms with E-state index in [1.807, 2.05) is 13.8 Å². The maximum atomic E-state index is 13.5. The van der Waals surface area contributed by atoms with Crippen molar-refractivity contribution >= 4 is 11.9 Å². The first-order valence-corrected chi connectivity index (χ1v) is 18.1. The maximum Gasteiger partial charge on any atom is 0.333 e. The van der Waals surface area contributed by atoms with Crippen LogP contribution in [-0.2, 0) is 19.1 Å². The van der Waals surface area contributed by atoms with Crippen LogP contribution in [0, 0.1) is 50.2 Å². The van der Waals surface area contributed by atoms with Gasteiger partial charge in [0.25, 0.3) is 0 Å². The summed E-state index contributed by atoms with van der Waals surface area (Å²) in [4.78, 5) is 26.8. The lowest BCUT2D eigenvalue weighted by Crippen LogP contribution is -2.76. The Labute approximate surface area is 283 Å². The van der Waals surface area contributed by atoms with E-state index >= 15 is 0 Å². The predicted molar refractivity (Wildman–Crippen MR) is 183 cm³/mol. The Bertz CT molecular complexity index is 1370. The van der Waals surface area contributed by atoms with Gasteiger partial charge in [0.2, 0.25) is 0 Å². The largest absolute Gasteiger partial charge is 0.454 e. The van der Waals surface area contributed by atoms with Crippen LogP contribution < -0.4 is 0 Å². The SMILES string of the molecule is CC=C(C)C(=O)O[C@@H]1[C@H](OC(=O)C(C)=CC)C(C)(C)CC2C3=CCC4[C@@]5(C)CCCC(C)(C)C5CC[C@@]4(C)[C@]3(C)[C@@H](O)[C@@H](O)[C@]21CO. The van der Waals surface area contributed by atoms with E-state index < -0.39 is 65.1 Å². The van der Waals surface area contributed by atoms with Crippen molar-refractivity contribution in [2.45, 2.75) is 146 Å². The Hall–Kier alpha value is -1.96. The van der Waals surface area contributed by atoms with Gasteiger partial charge in [0.1, 0.15) is 6.10 Å². The molecule has 3 N–H and O–H groups in total. The lowest BCUT2D eigenvalue weighted by Gasteiger charge is -2.73. The van der Waals surface area contributed by atoms with Gasteiger partial charge in [0, 0.05) is 22.0 Å². The first-order valence-electron chi connectivity index (χ1n) is 18.1. The average molecular weight is 655 g/mol. The second-order valence-corrected chi connectivity index (χ2v) is 18.0. The molecule has 7 heteroatoms. The zero-order chi connectivity index (χ0) is 35.1. The Morgan fingerprint density at radius 3 is 1.96 bits per heavy atom. The molecule has 47 heavy (non-hydrogen) atoms. The number of aliphatic hydroxyl groups excluding tert-OH is 3. The van der Waals surface area contributed by atoms with Crippen LogP contribution in [0.25, 0.3) is 0 Å². The van der Waals surface area contributed by atoms with Crippen LogP contribution in [-0.4, -0.2) is 58.3 Å². The first kappa shape index (κ1) is 36.3. The molecule has 5 aliphatic rings. The summed E-state index contributed by atoms with van der Waals surface area (Å²) in [6.07, 6.45) is 7.77. The van der Waals surface area contributed by atoms with Crippen LogP contribution in [0.15, 0.2) is 34.9 Å². The van der Waals surface area contributed by atoms with E-state index in [4.69, 9.17) is 9.47 Å². The number of esters is 2. The summed E-state index contributed by atoms with van der Waals surface area (Å²) >= 11 is 0. The number of aliphatic hydroxyl groups is 3. The molecule has 4 saturated carbocycles. The lowest BCUT2D eigenvalue weighted by atomic mass is 9.32. The van der Waals surface area contributed by atoms with Gasteiger partial charge in [-0.2, -0.15) is 0 Å². The van der Waals surface area contributed by atoms with Crippen molar-refractivity contribution in [2.24, 2.45) is 50.2 Å². The minimum absolute atomic E-state index is 0.105. The van der Waals surface area contributed by atoms with E-state index in [0.717, 1.165) is 31.3 Å². The third-order valence-electron chi connectivity index (χ3n) is 15.2. The van der Waals surface area contributed by atoms with Gasteiger partial charge >= 0.3 is 11.9 Å². The average Bonchev–Trinajstić information content (AvgIpc) is 3.00. The highest BCUT2D eigenvalue weighted by atomic mass is 16.6. The summed E-state index contributed by atoms with van der Waals surface area (Å²) in [6, 6.07) is 0. The second-order valence-electron chi connectivity index (χ2n) is 18.0. The van der Waals surface area contributed by atoms with Gasteiger partial charge in [-0.1, -0.05) is 78.7 Å². The fraction of sp³-hybridized carbons (Fsp3) is 0.800. The van der Waals surface area contributed by atoms with E-state index in [0.29, 0.717) is 29.4 Å². The molecule has 5 rings (SSSR count). The van der Waals surface area contributed by atoms with Crippen molar-refractivity contribution in [3.05, 3.63) is 34.9 Å². The van der Waals surface area contributed by atoms with Crippen LogP contribution in [0.4, 0.5) is 0 Å². The quantitative estimate of drug-likeness (QED) is 0.165. The van der Waals surface area contributed by atoms with Gasteiger partial charge in [-0.05, 0) is 100 Å². The monoisotopic (exact) mass is 654 g/mol. The molecule has 264 valence electrons. The maximum absolute atomic E-state index is 13.5. The summed E-state index contributed by atoms with van der Waals surface area (Å²) in [5.74, 6) is -0.643. The molecule has 0 aliphatic heterocycles. The van der Waals surface area contributed by atoms with Crippen LogP contribution in [0.2, 0.25) is 0 Å². The van der Waals surface area contributed by atoms with E-state index in [9.17, 15) is 24.9 Å². The molecule has 0 aromatic rings. The van der Waals surface area contributed by atoms with Crippen molar-refractivity contribution in [1.29, 1.82) is 0 Å². The zero-order valence-electron chi connectivity index (χ0n) is 30.9. The standard InChI is InChI=1S/C40H62O7/c1-12-23(3)33(44)46-31-32(47-34(45)24(4)13-2)40(22-41)26(21-36(31,7)8)25-15-16-28-37(9)19-14-18-35(5,6)27(37)17-20-38(28,10)39(25,11)29(42)30(40)43/h12-13,15,26-32,41-43H,14,16-22H2,1-11H3/t26?,27?,28?,29-,30+,31-,32+,37-,38+,39-,40-/m0/s1. The number of carbonyl (C=O) groups excluding carboxylic acids is 2. The third-order valence-corrected chi connectivity index (χ3v) is 15.2. The molecule has 3 unspecified atom stereocenters. The van der Waals surface area contributed by atoms with E-state index in [1.165, 1.54) is 12.8 Å². The van der Waals surface area contributed by atoms with Gasteiger partial charge in [-0.25, -0.2) is 9.59 Å². The Morgan fingerprint density at radius 2 is 1.40 bits per heavy atom. The van der Waals surface area contributed by atoms with Crippen LogP contribution in [0.1, 0.15) is 121 Å². The highest BCUT2D eigenvalue weighted by molar-refractivity contribution is 5.88. The van der Waals surface area contributed by atoms with Crippen molar-refractivity contribution in [1.82, 2.24) is 0 Å². The number of hydrogen-bond donors (Lipinski definition) is 3. The predicted octanol–water partition coefficient (Wildman–Crippen LogP) is 7.09. The van der Waals surface area contributed by atoms with Crippen LogP contribution >= 0.6 is 0 Å². The van der Waals surface area contributed by atoms with Crippen LogP contribution in [0.3, 0.4) is 0 Å². The van der Waals surface area contributed by atoms with Gasteiger partial charge in [0.15, 0.2) is 6.10 Å². The van der Waals surface area contributed by atoms with Gasteiger partial charge in [0.05, 0.1) is 24.2 Å². The van der Waals surface area contributed by atoms with Gasteiger partial charge < -0.3 is 24.8 Å². The molecule has 0 aromatic heterocycles. The normalized spacial score (nSPS) is 45.7. The number of ether oxygens (including phenoxy) is 2. The summed E-state index contributed by atoms with van der Waals surface area (Å²) in [5.41, 5.74) is -1.07. The second kappa shape index (κ2) is 11.8. The third kappa shape index (κ3) is 4.90. The topological polar surface area (TPSA) is 113 Å². The van der Waals surface area contributed by atoms with Crippen LogP contribution in [0.5, 0.6) is 0 Å². The minimum atomic E-state index is -1.49. The van der Waals surface area contributed by atoms with Crippen molar-refractivity contribution < 1.29 is 34.4 Å². The number of carbonyl (C=O) groups is 2. The van der Waals surface area contributed by atoms with Crippen molar-refractivity contribution in [2.75, 3.05) is 6.61 Å². The fourth-order valence-electron chi connectivity index (χ4n) is 12.0. The molecule has 5 aliphatic carbocycles. The van der Waals surface area contributed by atoms with E-state index in [1.54, 1.807) is 39.8 Å². The zero-order valence-corrected chi connectivity index (χ0v) is 30.9. The number of hydrogen-bond acceptors (Lipinski definition) is 7. The molecule has 0 bridgehead atoms. The molecule has 0 saturated heterocycles. The molecule has 0 spiro atoms. The first-order chi connectivity index (χ1) is 21.7. The number of allylic oxidation sites excluding steroid dienone is 3. The highest BCUT2D eigenvalue weighted by Gasteiger charge is 2.76. The summed E-state index contributed by atoms with van der Waals surface area (Å²) in [6.45, 7) is 22.2. The lowest BCUT2D eigenvalue weighted by molar-refractivity contribution is -0.290. The number of rotatable bonds is 5. The highest BCUT2D eigenvalue weighted by Crippen LogP contribution is 2.76. The Morgan fingerprint density at radius 1 is 0.830 bits per heavy atom. The van der Waals surface area contributed by atoms with Crippen molar-refractivity contribution in [3.63, 3.8) is 0 Å². The molecule has 11 atom stereocenters.